The van der Waals surface area contributed by atoms with Crippen molar-refractivity contribution in [3.05, 3.63) is 29.3 Å². The van der Waals surface area contributed by atoms with Crippen LogP contribution in [0.25, 0.3) is 0 Å². The monoisotopic (exact) mass is 322 g/mol. The zero-order valence-electron chi connectivity index (χ0n) is 13.0. The van der Waals surface area contributed by atoms with E-state index in [0.717, 1.165) is 12.0 Å². The lowest BCUT2D eigenvalue weighted by molar-refractivity contribution is 0.0893. The van der Waals surface area contributed by atoms with Crippen LogP contribution < -0.4 is 4.74 Å². The summed E-state index contributed by atoms with van der Waals surface area (Å²) in [4.78, 5) is 12.9. The highest BCUT2D eigenvalue weighted by atomic mass is 32.2. The van der Waals surface area contributed by atoms with E-state index in [1.54, 1.807) is 13.2 Å². The molecule has 120 valence electrons. The highest BCUT2D eigenvalue weighted by molar-refractivity contribution is 7.92. The molecule has 2 fully saturated rings. The fourth-order valence-corrected chi connectivity index (χ4v) is 6.37. The van der Waals surface area contributed by atoms with Crippen LogP contribution in [0.15, 0.2) is 18.2 Å². The molecule has 1 aromatic carbocycles. The predicted octanol–water partition coefficient (Wildman–Crippen LogP) is 2.93. The third-order valence-electron chi connectivity index (χ3n) is 5.16. The molecule has 0 amide bonds. The zero-order valence-corrected chi connectivity index (χ0v) is 13.9. The Balaban J connectivity index is 1.88. The summed E-state index contributed by atoms with van der Waals surface area (Å²) in [6.07, 6.45) is 3.34. The Morgan fingerprint density at radius 3 is 2.41 bits per heavy atom. The standard InChI is InChI=1S/C17H22O4S/c1-11-6-7-13(21-2)10-16(11)17(18)12-8-14-4-3-5-15(9-12)22(14,19)20/h6-7,10,12,14-15H,3-5,8-9H2,1-2H3. The number of hydrogen-bond acceptors (Lipinski definition) is 4. The number of rotatable bonds is 3. The van der Waals surface area contributed by atoms with Crippen molar-refractivity contribution < 1.29 is 17.9 Å². The lowest BCUT2D eigenvalue weighted by atomic mass is 9.83. The summed E-state index contributed by atoms with van der Waals surface area (Å²) in [5.41, 5.74) is 1.59. The first kappa shape index (κ1) is 15.5. The molecule has 0 radical (unpaired) electrons. The molecule has 0 spiro atoms. The smallest absolute Gasteiger partial charge is 0.166 e. The SMILES string of the molecule is COc1ccc(C)c(C(=O)C2CC3CCCC(C2)S3(=O)=O)c1. The first-order valence-corrected chi connectivity index (χ1v) is 9.46. The largest absolute Gasteiger partial charge is 0.497 e. The maximum Gasteiger partial charge on any atom is 0.166 e. The fourth-order valence-electron chi connectivity index (χ4n) is 3.84. The minimum atomic E-state index is -3.01. The molecule has 2 unspecified atom stereocenters. The van der Waals surface area contributed by atoms with Crippen LogP contribution in [0.4, 0.5) is 0 Å². The van der Waals surface area contributed by atoms with Gasteiger partial charge in [-0.3, -0.25) is 4.79 Å². The lowest BCUT2D eigenvalue weighted by Gasteiger charge is -2.38. The van der Waals surface area contributed by atoms with Crippen LogP contribution in [0.3, 0.4) is 0 Å². The van der Waals surface area contributed by atoms with Gasteiger partial charge >= 0.3 is 0 Å². The van der Waals surface area contributed by atoms with E-state index >= 15 is 0 Å². The minimum absolute atomic E-state index is 0.0724. The van der Waals surface area contributed by atoms with E-state index in [2.05, 4.69) is 0 Å². The number of methoxy groups -OCH3 is 1. The van der Waals surface area contributed by atoms with Crippen LogP contribution in [0.2, 0.25) is 0 Å². The molecule has 0 saturated carbocycles. The number of benzene rings is 1. The van der Waals surface area contributed by atoms with Crippen molar-refractivity contribution in [2.24, 2.45) is 5.92 Å². The van der Waals surface area contributed by atoms with Crippen molar-refractivity contribution in [3.8, 4) is 5.75 Å². The molecule has 0 aliphatic carbocycles. The number of ketones is 1. The van der Waals surface area contributed by atoms with Crippen molar-refractivity contribution in [2.45, 2.75) is 49.5 Å². The van der Waals surface area contributed by atoms with Crippen molar-refractivity contribution in [3.63, 3.8) is 0 Å². The van der Waals surface area contributed by atoms with Crippen LogP contribution in [0.5, 0.6) is 5.75 Å². The second kappa shape index (κ2) is 5.69. The maximum absolute atomic E-state index is 12.9. The number of Topliss-reactive ketones (excluding diaryl/α,β-unsaturated/α-hetero) is 1. The molecule has 2 aliphatic heterocycles. The van der Waals surface area contributed by atoms with Gasteiger partial charge in [-0.25, -0.2) is 8.42 Å². The quantitative estimate of drug-likeness (QED) is 0.803. The van der Waals surface area contributed by atoms with Gasteiger partial charge in [-0.2, -0.15) is 0 Å². The number of carbonyl (C=O) groups excluding carboxylic acids is 1. The number of sulfone groups is 1. The molecule has 22 heavy (non-hydrogen) atoms. The van der Waals surface area contributed by atoms with Crippen LogP contribution in [0.1, 0.15) is 48.0 Å². The molecule has 2 saturated heterocycles. The maximum atomic E-state index is 12.9. The Morgan fingerprint density at radius 1 is 1.18 bits per heavy atom. The predicted molar refractivity (Wildman–Crippen MR) is 85.1 cm³/mol. The van der Waals surface area contributed by atoms with Crippen LogP contribution in [-0.2, 0) is 9.84 Å². The van der Waals surface area contributed by atoms with E-state index in [1.807, 2.05) is 19.1 Å². The van der Waals surface area contributed by atoms with Gasteiger partial charge in [0.25, 0.3) is 0 Å². The second-order valence-corrected chi connectivity index (χ2v) is 8.99. The zero-order chi connectivity index (χ0) is 15.9. The molecule has 5 heteroatoms. The van der Waals surface area contributed by atoms with Gasteiger partial charge in [-0.05, 0) is 50.3 Å². The van der Waals surface area contributed by atoms with Gasteiger partial charge in [0.05, 0.1) is 17.6 Å². The van der Waals surface area contributed by atoms with Gasteiger partial charge in [0.2, 0.25) is 0 Å². The van der Waals surface area contributed by atoms with Crippen molar-refractivity contribution in [2.75, 3.05) is 7.11 Å². The summed E-state index contributed by atoms with van der Waals surface area (Å²) < 4.78 is 29.9. The summed E-state index contributed by atoms with van der Waals surface area (Å²) in [6, 6.07) is 5.50. The molecule has 4 nitrogen and oxygen atoms in total. The van der Waals surface area contributed by atoms with Crippen molar-refractivity contribution in [1.82, 2.24) is 0 Å². The first-order chi connectivity index (χ1) is 10.4. The molecular formula is C17H22O4S. The van der Waals surface area contributed by atoms with Crippen LogP contribution in [-0.4, -0.2) is 31.8 Å². The summed E-state index contributed by atoms with van der Waals surface area (Å²) in [5.74, 6) is 0.561. The third-order valence-corrected chi connectivity index (χ3v) is 7.87. The van der Waals surface area contributed by atoms with E-state index in [-0.39, 0.29) is 22.2 Å². The molecule has 2 bridgehead atoms. The van der Waals surface area contributed by atoms with Crippen LogP contribution >= 0.6 is 0 Å². The number of fused-ring (bicyclic) bond motifs is 2. The average molecular weight is 322 g/mol. The van der Waals surface area contributed by atoms with Gasteiger partial charge in [0.15, 0.2) is 15.6 Å². The van der Waals surface area contributed by atoms with Crippen LogP contribution in [0, 0.1) is 12.8 Å². The molecule has 1 aromatic rings. The van der Waals surface area contributed by atoms with E-state index in [4.69, 9.17) is 4.74 Å². The Bertz CT molecular complexity index is 673. The molecule has 3 rings (SSSR count). The van der Waals surface area contributed by atoms with Gasteiger partial charge in [-0.1, -0.05) is 12.5 Å². The Hall–Kier alpha value is -1.36. The normalized spacial score (nSPS) is 29.8. The van der Waals surface area contributed by atoms with Gasteiger partial charge < -0.3 is 4.74 Å². The molecule has 2 aliphatic rings. The van der Waals surface area contributed by atoms with E-state index in [9.17, 15) is 13.2 Å². The van der Waals surface area contributed by atoms with Gasteiger partial charge in [0, 0.05) is 11.5 Å². The molecule has 2 atom stereocenters. The highest BCUT2D eigenvalue weighted by Crippen LogP contribution is 2.40. The van der Waals surface area contributed by atoms with Gasteiger partial charge in [-0.15, -0.1) is 0 Å². The van der Waals surface area contributed by atoms with Crippen molar-refractivity contribution >= 4 is 15.6 Å². The van der Waals surface area contributed by atoms with E-state index in [0.29, 0.717) is 37.0 Å². The Morgan fingerprint density at radius 2 is 1.82 bits per heavy atom. The molecule has 2 heterocycles. The number of aryl methyl sites for hydroxylation is 1. The Kier molecular flexibility index (Phi) is 4.02. The number of hydrogen-bond donors (Lipinski definition) is 0. The summed E-state index contributed by atoms with van der Waals surface area (Å²) in [6.45, 7) is 1.91. The molecular weight excluding hydrogens is 300 g/mol. The summed E-state index contributed by atoms with van der Waals surface area (Å²) >= 11 is 0. The van der Waals surface area contributed by atoms with Gasteiger partial charge in [0.1, 0.15) is 5.75 Å². The van der Waals surface area contributed by atoms with E-state index in [1.165, 1.54) is 0 Å². The summed E-state index contributed by atoms with van der Waals surface area (Å²) in [7, 11) is -1.43. The highest BCUT2D eigenvalue weighted by Gasteiger charge is 2.46. The topological polar surface area (TPSA) is 60.4 Å². The lowest BCUT2D eigenvalue weighted by Crippen LogP contribution is -2.45. The number of carbonyl (C=O) groups is 1. The molecule has 0 aromatic heterocycles. The molecule has 0 N–H and O–H groups in total. The Labute approximate surface area is 131 Å². The van der Waals surface area contributed by atoms with Crippen molar-refractivity contribution in [1.29, 1.82) is 0 Å². The number of ether oxygens (including phenoxy) is 1. The minimum Gasteiger partial charge on any atom is -0.497 e. The average Bonchev–Trinajstić information content (AvgIpc) is 2.46. The van der Waals surface area contributed by atoms with E-state index < -0.39 is 9.84 Å². The summed E-state index contributed by atoms with van der Waals surface area (Å²) in [5, 5.41) is -0.639. The third kappa shape index (κ3) is 2.56. The second-order valence-electron chi connectivity index (χ2n) is 6.48. The fraction of sp³-hybridized carbons (Fsp3) is 0.588. The first-order valence-electron chi connectivity index (χ1n) is 7.85.